The van der Waals surface area contributed by atoms with E-state index in [1.807, 2.05) is 76.7 Å². The molecule has 0 radical (unpaired) electrons. The average molecular weight is 605 g/mol. The van der Waals surface area contributed by atoms with Gasteiger partial charge in [0.1, 0.15) is 22.4 Å². The van der Waals surface area contributed by atoms with E-state index >= 15 is 0 Å². The third-order valence-corrected chi connectivity index (χ3v) is 8.00. The summed E-state index contributed by atoms with van der Waals surface area (Å²) in [6.45, 7) is 12.0. The van der Waals surface area contributed by atoms with E-state index in [-0.39, 0.29) is 5.78 Å². The maximum atomic E-state index is 12.1. The Hall–Kier alpha value is -5.63. The summed E-state index contributed by atoms with van der Waals surface area (Å²) in [4.78, 5) is 38.3. The molecule has 8 heteroatoms. The molecule has 9 rings (SSSR count). The fourth-order valence-corrected chi connectivity index (χ4v) is 5.88. The van der Waals surface area contributed by atoms with Gasteiger partial charge in [0.15, 0.2) is 16.9 Å². The van der Waals surface area contributed by atoms with Crippen molar-refractivity contribution in [2.75, 3.05) is 0 Å². The van der Waals surface area contributed by atoms with E-state index in [9.17, 15) is 4.79 Å². The number of aromatic nitrogens is 6. The summed E-state index contributed by atoms with van der Waals surface area (Å²) in [5.74, 6) is 0.0393. The van der Waals surface area contributed by atoms with Gasteiger partial charge in [-0.05, 0) is 110 Å². The second-order valence-electron chi connectivity index (χ2n) is 12.2. The van der Waals surface area contributed by atoms with Crippen LogP contribution in [0.1, 0.15) is 60.4 Å². The van der Waals surface area contributed by atoms with Crippen LogP contribution in [0.5, 0.6) is 0 Å². The molecule has 7 aromatic heterocycles. The van der Waals surface area contributed by atoms with Crippen molar-refractivity contribution in [3.8, 4) is 22.8 Å². The van der Waals surface area contributed by atoms with Gasteiger partial charge in [-0.3, -0.25) is 34.7 Å². The Bertz CT molecular complexity index is 2180. The number of hydrogen-bond donors (Lipinski definition) is 0. The fraction of sp³-hybridized carbons (Fsp3) is 0.184. The molecule has 0 aromatic carbocycles. The predicted molar refractivity (Wildman–Crippen MR) is 179 cm³/mol. The van der Waals surface area contributed by atoms with Crippen molar-refractivity contribution >= 4 is 28.0 Å². The van der Waals surface area contributed by atoms with Gasteiger partial charge in [-0.25, -0.2) is 0 Å². The first kappa shape index (κ1) is 29.1. The molecule has 0 atom stereocenters. The molecule has 0 amide bonds. The fourth-order valence-electron chi connectivity index (χ4n) is 5.88. The summed E-state index contributed by atoms with van der Waals surface area (Å²) < 4.78 is 5.69. The second kappa shape index (κ2) is 11.4. The van der Waals surface area contributed by atoms with Crippen molar-refractivity contribution < 1.29 is 9.21 Å². The number of carbonyl (C=O) groups excluding carboxylic acids is 1. The van der Waals surface area contributed by atoms with Crippen LogP contribution in [0.4, 0.5) is 0 Å². The van der Waals surface area contributed by atoms with Crippen molar-refractivity contribution in [3.63, 3.8) is 0 Å². The maximum absolute atomic E-state index is 12.1. The third kappa shape index (κ3) is 5.32. The Morgan fingerprint density at radius 2 is 0.804 bits per heavy atom. The van der Waals surface area contributed by atoms with E-state index in [0.29, 0.717) is 22.5 Å². The van der Waals surface area contributed by atoms with E-state index in [1.165, 1.54) is 22.3 Å². The molecule has 0 fully saturated rings. The molecule has 7 heterocycles. The molecule has 7 aromatic rings. The molecular weight excluding hydrogens is 572 g/mol. The summed E-state index contributed by atoms with van der Waals surface area (Å²) in [5.41, 5.74) is 17.5. The Kier molecular flexibility index (Phi) is 7.20. The number of aryl methyl sites for hydroxylation is 6. The van der Waals surface area contributed by atoms with Crippen LogP contribution in [0.25, 0.3) is 45.0 Å². The summed E-state index contributed by atoms with van der Waals surface area (Å²) >= 11 is 0. The Balaban J connectivity index is 0.000000110. The standard InChI is InChI=1S/C13H10N2O.C13H12N2.C12H10N2O/c1-7-3-9-11(14-5-7)12-10(13(9)16)4-8(2)6-15-12;1-8-3-10-5-11-4-9(2)7-15-13(11)12(10)14-6-8;1-7-3-9-11(13-5-7)12-10(15-9)4-8(2)6-14-12/h3-6H,1-2H3;3-4,6-7H,5H2,1-2H3;3-6H,1-2H3. The number of nitrogens with zero attached hydrogens (tertiary/aromatic N) is 6. The topological polar surface area (TPSA) is 108 Å². The highest BCUT2D eigenvalue weighted by Gasteiger charge is 2.29. The van der Waals surface area contributed by atoms with E-state index in [0.717, 1.165) is 62.3 Å². The van der Waals surface area contributed by atoms with Crippen molar-refractivity contribution in [3.05, 3.63) is 129 Å². The van der Waals surface area contributed by atoms with E-state index in [4.69, 9.17) is 4.42 Å². The highest BCUT2D eigenvalue weighted by molar-refractivity contribution is 6.20. The van der Waals surface area contributed by atoms with Gasteiger partial charge in [0.25, 0.3) is 0 Å². The highest BCUT2D eigenvalue weighted by Crippen LogP contribution is 2.35. The zero-order chi connectivity index (χ0) is 32.1. The van der Waals surface area contributed by atoms with E-state index in [2.05, 4.69) is 55.9 Å². The van der Waals surface area contributed by atoms with E-state index < -0.39 is 0 Å². The van der Waals surface area contributed by atoms with Gasteiger partial charge in [0, 0.05) is 43.6 Å². The first-order chi connectivity index (χ1) is 22.1. The summed E-state index contributed by atoms with van der Waals surface area (Å²) in [6, 6.07) is 12.1. The van der Waals surface area contributed by atoms with Crippen LogP contribution >= 0.6 is 0 Å². The van der Waals surface area contributed by atoms with Gasteiger partial charge >= 0.3 is 0 Å². The monoisotopic (exact) mass is 604 g/mol. The Labute approximate surface area is 266 Å². The predicted octanol–water partition coefficient (Wildman–Crippen LogP) is 7.96. The van der Waals surface area contributed by atoms with Crippen LogP contribution in [-0.4, -0.2) is 35.7 Å². The zero-order valence-electron chi connectivity index (χ0n) is 26.6. The van der Waals surface area contributed by atoms with Crippen molar-refractivity contribution in [1.29, 1.82) is 0 Å². The summed E-state index contributed by atoms with van der Waals surface area (Å²) in [7, 11) is 0. The largest absolute Gasteiger partial charge is 0.453 e. The van der Waals surface area contributed by atoms with Gasteiger partial charge < -0.3 is 4.42 Å². The number of furan rings is 1. The van der Waals surface area contributed by atoms with Crippen LogP contribution < -0.4 is 0 Å². The minimum absolute atomic E-state index is 0.0393. The molecule has 0 saturated heterocycles. The lowest BCUT2D eigenvalue weighted by Gasteiger charge is -1.99. The minimum Gasteiger partial charge on any atom is -0.453 e. The SMILES string of the molecule is Cc1cnc2c(c1)C(=O)c1cc(C)cnc1-2.Cc1cnc2c(c1)Cc1cc(C)cnc1-2.Cc1cnc2c(c1)oc1cc(C)cnc12. The number of rotatable bonds is 0. The normalized spacial score (nSPS) is 12.1. The van der Waals surface area contributed by atoms with Crippen LogP contribution in [-0.2, 0) is 6.42 Å². The number of fused-ring (bicyclic) bond motifs is 9. The van der Waals surface area contributed by atoms with E-state index in [1.54, 1.807) is 12.4 Å². The average Bonchev–Trinajstić information content (AvgIpc) is 3.65. The second-order valence-corrected chi connectivity index (χ2v) is 12.2. The van der Waals surface area contributed by atoms with Crippen molar-refractivity contribution in [2.24, 2.45) is 0 Å². The molecule has 2 aliphatic rings. The van der Waals surface area contributed by atoms with Crippen LogP contribution in [0.15, 0.2) is 78.0 Å². The molecule has 8 nitrogen and oxygen atoms in total. The lowest BCUT2D eigenvalue weighted by Crippen LogP contribution is -1.96. The van der Waals surface area contributed by atoms with Crippen molar-refractivity contribution in [1.82, 2.24) is 29.9 Å². The first-order valence-electron chi connectivity index (χ1n) is 15.2. The quantitative estimate of drug-likeness (QED) is 0.172. The molecule has 0 spiro atoms. The number of hydrogen-bond acceptors (Lipinski definition) is 8. The van der Waals surface area contributed by atoms with Gasteiger partial charge in [-0.2, -0.15) is 0 Å². The van der Waals surface area contributed by atoms with Crippen LogP contribution in [0.3, 0.4) is 0 Å². The van der Waals surface area contributed by atoms with Gasteiger partial charge in [-0.15, -0.1) is 0 Å². The van der Waals surface area contributed by atoms with Gasteiger partial charge in [-0.1, -0.05) is 12.1 Å². The summed E-state index contributed by atoms with van der Waals surface area (Å²) in [5, 5.41) is 0. The number of ketones is 1. The number of carbonyl (C=O) groups is 1. The maximum Gasteiger partial charge on any atom is 0.197 e. The molecular formula is C38H32N6O2. The van der Waals surface area contributed by atoms with Crippen molar-refractivity contribution in [2.45, 2.75) is 48.0 Å². The smallest absolute Gasteiger partial charge is 0.197 e. The van der Waals surface area contributed by atoms with Crippen LogP contribution in [0.2, 0.25) is 0 Å². The Morgan fingerprint density at radius 3 is 1.24 bits per heavy atom. The molecule has 226 valence electrons. The molecule has 2 aliphatic carbocycles. The lowest BCUT2D eigenvalue weighted by molar-refractivity contribution is 0.104. The molecule has 46 heavy (non-hydrogen) atoms. The molecule has 0 aliphatic heterocycles. The highest BCUT2D eigenvalue weighted by atomic mass is 16.3. The lowest BCUT2D eigenvalue weighted by atomic mass is 10.1. The van der Waals surface area contributed by atoms with Gasteiger partial charge in [0.2, 0.25) is 0 Å². The molecule has 0 N–H and O–H groups in total. The first-order valence-corrected chi connectivity index (χ1v) is 15.2. The van der Waals surface area contributed by atoms with Gasteiger partial charge in [0.05, 0.1) is 22.5 Å². The molecule has 0 unspecified atom stereocenters. The molecule has 0 saturated carbocycles. The van der Waals surface area contributed by atoms with Crippen LogP contribution in [0, 0.1) is 41.5 Å². The summed E-state index contributed by atoms with van der Waals surface area (Å²) in [6.07, 6.45) is 12.0. The molecule has 0 bridgehead atoms. The minimum atomic E-state index is 0.0393. The number of pyridine rings is 6. The third-order valence-electron chi connectivity index (χ3n) is 8.00. The Morgan fingerprint density at radius 1 is 0.457 bits per heavy atom. The zero-order valence-corrected chi connectivity index (χ0v) is 26.6.